The first-order chi connectivity index (χ1) is 33.9. The second-order valence-corrected chi connectivity index (χ2v) is 17.3. The number of hydrogen-bond donors (Lipinski definition) is 3. The van der Waals surface area contributed by atoms with Crippen LogP contribution in [0.5, 0.6) is 11.5 Å². The Labute approximate surface area is 414 Å². The van der Waals surface area contributed by atoms with E-state index in [2.05, 4.69) is 19.9 Å². The quantitative estimate of drug-likeness (QED) is 0.0548. The molecule has 376 valence electrons. The van der Waals surface area contributed by atoms with Crippen LogP contribution in [0.4, 0.5) is 35.1 Å². The summed E-state index contributed by atoms with van der Waals surface area (Å²) < 4.78 is 126. The van der Waals surface area contributed by atoms with Gasteiger partial charge >= 0.3 is 12.4 Å². The Kier molecular flexibility index (Phi) is 15.1. The van der Waals surface area contributed by atoms with E-state index in [1.54, 1.807) is 60.1 Å². The number of ether oxygens (including phenoxy) is 2. The lowest BCUT2D eigenvalue weighted by Crippen LogP contribution is -2.43. The van der Waals surface area contributed by atoms with E-state index in [1.165, 1.54) is 62.8 Å². The third kappa shape index (κ3) is 10.6. The van der Waals surface area contributed by atoms with Crippen molar-refractivity contribution in [2.75, 3.05) is 14.2 Å². The lowest BCUT2D eigenvalue weighted by atomic mass is 9.89. The van der Waals surface area contributed by atoms with E-state index in [4.69, 9.17) is 32.7 Å². The lowest BCUT2D eigenvalue weighted by molar-refractivity contribution is -0.644. The van der Waals surface area contributed by atoms with E-state index in [0.717, 1.165) is 29.8 Å². The number of hydrogen-bond acceptors (Lipinski definition) is 9. The minimum Gasteiger partial charge on any atom is -0.494 e. The number of Topliss-reactive ketones (excluding diaryl/α,β-unsaturated/α-hetero) is 2. The number of carbonyl (C=O) groups is 2. The maximum Gasteiger partial charge on any atom is 0.422 e. The summed E-state index contributed by atoms with van der Waals surface area (Å²) in [5.74, 6) is -2.41. The molecule has 0 bridgehead atoms. The van der Waals surface area contributed by atoms with Gasteiger partial charge in [0.1, 0.15) is 34.5 Å². The van der Waals surface area contributed by atoms with Crippen LogP contribution < -0.4 is 14.0 Å². The normalized spacial score (nSPS) is 13.6. The number of H-pyrrole nitrogens is 1. The van der Waals surface area contributed by atoms with Crippen molar-refractivity contribution in [2.45, 2.75) is 49.2 Å². The zero-order valence-electron chi connectivity index (χ0n) is 38.3. The summed E-state index contributed by atoms with van der Waals surface area (Å²) in [6, 6.07) is 20.8. The maximum absolute atomic E-state index is 14.2. The van der Waals surface area contributed by atoms with Crippen LogP contribution in [-0.4, -0.2) is 72.9 Å². The molecule has 2 atom stereocenters. The van der Waals surface area contributed by atoms with Crippen LogP contribution in [0.2, 0.25) is 10.0 Å². The molecular formula is C50H41Cl2F8N6O6+. The van der Waals surface area contributed by atoms with E-state index >= 15 is 0 Å². The summed E-state index contributed by atoms with van der Waals surface area (Å²) in [5.41, 5.74) is -4.97. The molecule has 4 heterocycles. The van der Waals surface area contributed by atoms with Gasteiger partial charge in [-0.1, -0.05) is 23.2 Å². The molecule has 0 fully saturated rings. The van der Waals surface area contributed by atoms with E-state index in [1.807, 2.05) is 0 Å². The Balaban J connectivity index is 0.000000211. The van der Waals surface area contributed by atoms with E-state index in [9.17, 15) is 54.9 Å². The van der Waals surface area contributed by atoms with Gasteiger partial charge < -0.3 is 24.3 Å². The molecule has 0 aliphatic carbocycles. The molecule has 72 heavy (non-hydrogen) atoms. The largest absolute Gasteiger partial charge is 0.494 e. The van der Waals surface area contributed by atoms with Crippen LogP contribution in [0.25, 0.3) is 44.6 Å². The van der Waals surface area contributed by atoms with Gasteiger partial charge in [-0.15, -0.1) is 0 Å². The van der Waals surface area contributed by atoms with Crippen LogP contribution in [-0.2, 0) is 25.3 Å². The van der Waals surface area contributed by atoms with Gasteiger partial charge in [0.2, 0.25) is 17.5 Å². The van der Waals surface area contributed by atoms with Crippen molar-refractivity contribution in [1.82, 2.24) is 24.5 Å². The predicted octanol–water partition coefficient (Wildman–Crippen LogP) is 11.1. The molecule has 2 unspecified atom stereocenters. The van der Waals surface area contributed by atoms with Gasteiger partial charge in [0.15, 0.2) is 22.6 Å². The van der Waals surface area contributed by atoms with Crippen LogP contribution in [0.15, 0.2) is 110 Å². The second kappa shape index (κ2) is 20.6. The van der Waals surface area contributed by atoms with Gasteiger partial charge in [-0.05, 0) is 104 Å². The number of aryl methyl sites for hydroxylation is 2. The van der Waals surface area contributed by atoms with Crippen LogP contribution in [0.3, 0.4) is 0 Å². The van der Waals surface area contributed by atoms with Crippen LogP contribution in [0.1, 0.15) is 57.8 Å². The fourth-order valence-corrected chi connectivity index (χ4v) is 8.12. The molecule has 12 nitrogen and oxygen atoms in total. The number of alkyl halides is 6. The summed E-state index contributed by atoms with van der Waals surface area (Å²) in [5, 5.41) is 21.2. The van der Waals surface area contributed by atoms with Gasteiger partial charge in [-0.3, -0.25) is 9.59 Å². The monoisotopic (exact) mass is 1040 g/mol. The fourth-order valence-electron chi connectivity index (χ4n) is 7.76. The van der Waals surface area contributed by atoms with Crippen molar-refractivity contribution in [3.05, 3.63) is 154 Å². The molecule has 8 rings (SSSR count). The average Bonchev–Trinajstić information content (AvgIpc) is 3.92. The zero-order chi connectivity index (χ0) is 52.5. The Morgan fingerprint density at radius 3 is 1.61 bits per heavy atom. The first-order valence-electron chi connectivity index (χ1n) is 21.4. The minimum atomic E-state index is -5.15. The Morgan fingerprint density at radius 2 is 1.15 bits per heavy atom. The maximum atomic E-state index is 14.2. The number of carbonyl (C=O) groups excluding carboxylic acids is 2. The Hall–Kier alpha value is -7.00. The van der Waals surface area contributed by atoms with Crippen molar-refractivity contribution < 1.29 is 69.0 Å². The molecule has 0 saturated heterocycles. The molecule has 4 aromatic heterocycles. The van der Waals surface area contributed by atoms with E-state index in [0.29, 0.717) is 16.6 Å². The highest BCUT2D eigenvalue weighted by atomic mass is 35.5. The SMILES string of the molecule is COc1ccc(C(O)(CCC(=O)c2ccc3c(c2)[nH]c[n+]3C)C(F)(F)F)nc1-c1ccc(F)c(Cl)c1.COc1ccc(C(O)(CCC(=O)c2ccc3ncn(C)c3c2)C(F)(F)F)nc1-c1ccc(F)c(Cl)c1. The van der Waals surface area contributed by atoms with Crippen molar-refractivity contribution in [3.63, 3.8) is 0 Å². The van der Waals surface area contributed by atoms with Crippen molar-refractivity contribution in [1.29, 1.82) is 0 Å². The summed E-state index contributed by atoms with van der Waals surface area (Å²) in [6.07, 6.45) is -10.2. The molecule has 0 saturated carbocycles. The zero-order valence-corrected chi connectivity index (χ0v) is 39.8. The van der Waals surface area contributed by atoms with Gasteiger partial charge in [0, 0.05) is 48.2 Å². The highest BCUT2D eigenvalue weighted by molar-refractivity contribution is 6.31. The standard InChI is InChI=1S/2C25H20ClF4N3O3/c1-33-13-31-18-12-14(4-6-19(18)33)20(34)9-10-24(35,25(28,29)30)22-8-7-21(36-2)23(32-22)15-3-5-17(27)16(26)11-15;1-33-13-31-18-6-4-14(12-19(18)33)20(34)9-10-24(35,25(28,29)30)22-8-7-21(36-2)23(32-22)15-3-5-17(27)16(26)11-15/h2*3-8,11-13,35H,9-10H2,1-2H3/p+1. The van der Waals surface area contributed by atoms with Crippen molar-refractivity contribution in [3.8, 4) is 34.0 Å². The number of halogens is 10. The molecule has 0 spiro atoms. The number of nitrogens with zero attached hydrogens (tertiary/aromatic N) is 5. The van der Waals surface area contributed by atoms with Gasteiger partial charge in [-0.2, -0.15) is 26.3 Å². The van der Waals surface area contributed by atoms with Crippen LogP contribution in [0, 0.1) is 11.6 Å². The topological polar surface area (TPSA) is 156 Å². The first kappa shape index (κ1) is 52.8. The third-order valence-electron chi connectivity index (χ3n) is 11.9. The summed E-state index contributed by atoms with van der Waals surface area (Å²) >= 11 is 11.7. The number of aliphatic hydroxyl groups is 2. The third-order valence-corrected chi connectivity index (χ3v) is 12.5. The molecule has 8 aromatic rings. The fraction of sp³-hybridized carbons (Fsp3) is 0.240. The number of rotatable bonds is 14. The summed E-state index contributed by atoms with van der Waals surface area (Å²) in [6.45, 7) is 0. The van der Waals surface area contributed by atoms with Crippen molar-refractivity contribution >= 4 is 56.8 Å². The molecule has 4 aromatic carbocycles. The van der Waals surface area contributed by atoms with Gasteiger partial charge in [-0.25, -0.2) is 33.3 Å². The number of ketones is 2. The molecule has 0 aliphatic heterocycles. The number of methoxy groups -OCH3 is 2. The minimum absolute atomic E-state index is 0.0732. The molecule has 0 amide bonds. The molecule has 3 N–H and O–H groups in total. The number of aromatic amines is 1. The molecular weight excluding hydrogens is 1000 g/mol. The number of fused-ring (bicyclic) bond motifs is 2. The molecule has 0 aliphatic rings. The second-order valence-electron chi connectivity index (χ2n) is 16.5. The van der Waals surface area contributed by atoms with Gasteiger partial charge in [0.25, 0.3) is 0 Å². The van der Waals surface area contributed by atoms with Gasteiger partial charge in [0.05, 0.1) is 60.1 Å². The Bertz CT molecular complexity index is 3350. The van der Waals surface area contributed by atoms with Crippen molar-refractivity contribution in [2.24, 2.45) is 14.1 Å². The average molecular weight is 1040 g/mol. The van der Waals surface area contributed by atoms with E-state index < -0.39 is 83.8 Å². The predicted molar refractivity (Wildman–Crippen MR) is 250 cm³/mol. The number of imidazole rings is 2. The molecule has 22 heteroatoms. The van der Waals surface area contributed by atoms with E-state index in [-0.39, 0.29) is 55.2 Å². The highest BCUT2D eigenvalue weighted by Gasteiger charge is 2.57. The number of nitrogens with one attached hydrogen (secondary N) is 1. The summed E-state index contributed by atoms with van der Waals surface area (Å²) in [4.78, 5) is 40.7. The lowest BCUT2D eigenvalue weighted by Gasteiger charge is -2.30. The number of aromatic nitrogens is 6. The number of pyridine rings is 2. The Morgan fingerprint density at radius 1 is 0.681 bits per heavy atom. The first-order valence-corrected chi connectivity index (χ1v) is 22.2. The smallest absolute Gasteiger partial charge is 0.422 e. The van der Waals surface area contributed by atoms with Crippen LogP contribution >= 0.6 is 23.2 Å². The highest BCUT2D eigenvalue weighted by Crippen LogP contribution is 2.45. The number of benzene rings is 4. The molecule has 0 radical (unpaired) electrons. The summed E-state index contributed by atoms with van der Waals surface area (Å²) in [7, 11) is 6.12.